The standard InChI is InChI=1S/C14H14FNO/c15-13-6-1-2-7-14(13)17-9-8-11-4-3-5-12(16)10-11/h1-7,10H,8-9,16H2. The first-order chi connectivity index (χ1) is 8.25. The summed E-state index contributed by atoms with van der Waals surface area (Å²) in [6, 6.07) is 14.0. The van der Waals surface area contributed by atoms with Gasteiger partial charge in [-0.2, -0.15) is 0 Å². The van der Waals surface area contributed by atoms with Crippen molar-refractivity contribution in [2.45, 2.75) is 6.42 Å². The molecule has 0 saturated carbocycles. The molecule has 0 heterocycles. The molecule has 0 unspecified atom stereocenters. The Labute approximate surface area is 99.8 Å². The Kier molecular flexibility index (Phi) is 3.60. The van der Waals surface area contributed by atoms with Gasteiger partial charge in [-0.15, -0.1) is 0 Å². The first-order valence-electron chi connectivity index (χ1n) is 5.47. The minimum Gasteiger partial charge on any atom is -0.490 e. The lowest BCUT2D eigenvalue weighted by molar-refractivity contribution is 0.305. The molecule has 2 aromatic rings. The van der Waals surface area contributed by atoms with Crippen LogP contribution in [0.2, 0.25) is 0 Å². The number of ether oxygens (including phenoxy) is 1. The van der Waals surface area contributed by atoms with E-state index < -0.39 is 0 Å². The summed E-state index contributed by atoms with van der Waals surface area (Å²) in [5.41, 5.74) is 7.48. The summed E-state index contributed by atoms with van der Waals surface area (Å²) in [5.74, 6) is -0.0449. The molecule has 0 saturated heterocycles. The highest BCUT2D eigenvalue weighted by molar-refractivity contribution is 5.40. The zero-order valence-corrected chi connectivity index (χ0v) is 9.40. The van der Waals surface area contributed by atoms with Crippen molar-refractivity contribution in [3.8, 4) is 5.75 Å². The number of nitrogen functional groups attached to an aromatic ring is 1. The Morgan fingerprint density at radius 1 is 1.06 bits per heavy atom. The van der Waals surface area contributed by atoms with Crippen molar-refractivity contribution < 1.29 is 9.13 Å². The fourth-order valence-corrected chi connectivity index (χ4v) is 1.59. The fourth-order valence-electron chi connectivity index (χ4n) is 1.59. The molecule has 0 radical (unpaired) electrons. The molecule has 0 aliphatic rings. The topological polar surface area (TPSA) is 35.2 Å². The maximum absolute atomic E-state index is 13.2. The van der Waals surface area contributed by atoms with E-state index in [1.54, 1.807) is 18.2 Å². The number of hydrogen-bond acceptors (Lipinski definition) is 2. The third-order valence-electron chi connectivity index (χ3n) is 2.44. The van der Waals surface area contributed by atoms with Gasteiger partial charge in [0.15, 0.2) is 11.6 Å². The fraction of sp³-hybridized carbons (Fsp3) is 0.143. The van der Waals surface area contributed by atoms with Gasteiger partial charge in [0.2, 0.25) is 0 Å². The molecule has 88 valence electrons. The van der Waals surface area contributed by atoms with Gasteiger partial charge in [-0.3, -0.25) is 0 Å². The first-order valence-corrected chi connectivity index (χ1v) is 5.47. The van der Waals surface area contributed by atoms with Gasteiger partial charge < -0.3 is 10.5 Å². The Balaban J connectivity index is 1.90. The number of anilines is 1. The van der Waals surface area contributed by atoms with E-state index in [4.69, 9.17) is 10.5 Å². The lowest BCUT2D eigenvalue weighted by atomic mass is 10.1. The van der Waals surface area contributed by atoms with Gasteiger partial charge in [-0.1, -0.05) is 24.3 Å². The van der Waals surface area contributed by atoms with Gasteiger partial charge in [0.1, 0.15) is 0 Å². The van der Waals surface area contributed by atoms with Crippen LogP contribution in [0.25, 0.3) is 0 Å². The predicted molar refractivity (Wildman–Crippen MR) is 66.5 cm³/mol. The number of nitrogens with two attached hydrogens (primary N) is 1. The minimum absolute atomic E-state index is 0.288. The largest absolute Gasteiger partial charge is 0.490 e. The molecule has 0 aromatic heterocycles. The smallest absolute Gasteiger partial charge is 0.165 e. The van der Waals surface area contributed by atoms with Crippen LogP contribution < -0.4 is 10.5 Å². The third kappa shape index (κ3) is 3.21. The summed E-state index contributed by atoms with van der Waals surface area (Å²) in [6.45, 7) is 0.435. The van der Waals surface area contributed by atoms with Gasteiger partial charge in [0, 0.05) is 12.1 Å². The molecular weight excluding hydrogens is 217 g/mol. The summed E-state index contributed by atoms with van der Waals surface area (Å²) < 4.78 is 18.6. The van der Waals surface area contributed by atoms with Crippen molar-refractivity contribution in [3.63, 3.8) is 0 Å². The van der Waals surface area contributed by atoms with E-state index in [0.29, 0.717) is 13.0 Å². The average molecular weight is 231 g/mol. The summed E-state index contributed by atoms with van der Waals surface area (Å²) in [5, 5.41) is 0. The summed E-state index contributed by atoms with van der Waals surface area (Å²) >= 11 is 0. The predicted octanol–water partition coefficient (Wildman–Crippen LogP) is 3.03. The molecule has 0 bridgehead atoms. The number of benzene rings is 2. The van der Waals surface area contributed by atoms with Crippen molar-refractivity contribution in [3.05, 3.63) is 59.9 Å². The molecule has 0 amide bonds. The molecule has 0 spiro atoms. The number of halogens is 1. The van der Waals surface area contributed by atoms with Crippen LogP contribution in [-0.4, -0.2) is 6.61 Å². The molecule has 2 N–H and O–H groups in total. The van der Waals surface area contributed by atoms with Crippen LogP contribution in [-0.2, 0) is 6.42 Å². The number of hydrogen-bond donors (Lipinski definition) is 1. The van der Waals surface area contributed by atoms with E-state index in [1.807, 2.05) is 24.3 Å². The van der Waals surface area contributed by atoms with E-state index in [9.17, 15) is 4.39 Å². The van der Waals surface area contributed by atoms with Crippen LogP contribution in [0, 0.1) is 5.82 Å². The van der Waals surface area contributed by atoms with E-state index in [2.05, 4.69) is 0 Å². The molecule has 2 aromatic carbocycles. The van der Waals surface area contributed by atoms with Gasteiger partial charge in [-0.05, 0) is 29.8 Å². The number of rotatable bonds is 4. The Morgan fingerprint density at radius 2 is 1.88 bits per heavy atom. The highest BCUT2D eigenvalue weighted by atomic mass is 19.1. The van der Waals surface area contributed by atoms with Crippen LogP contribution in [0.3, 0.4) is 0 Å². The Morgan fingerprint density at radius 3 is 2.65 bits per heavy atom. The highest BCUT2D eigenvalue weighted by Crippen LogP contribution is 2.16. The molecule has 2 nitrogen and oxygen atoms in total. The molecule has 0 aliphatic carbocycles. The van der Waals surface area contributed by atoms with Crippen molar-refractivity contribution >= 4 is 5.69 Å². The van der Waals surface area contributed by atoms with E-state index in [-0.39, 0.29) is 11.6 Å². The third-order valence-corrected chi connectivity index (χ3v) is 2.44. The summed E-state index contributed by atoms with van der Waals surface area (Å²) in [4.78, 5) is 0. The van der Waals surface area contributed by atoms with Crippen LogP contribution in [0.15, 0.2) is 48.5 Å². The van der Waals surface area contributed by atoms with Gasteiger partial charge in [-0.25, -0.2) is 4.39 Å². The van der Waals surface area contributed by atoms with Gasteiger partial charge in [0.05, 0.1) is 6.61 Å². The quantitative estimate of drug-likeness (QED) is 0.821. The second kappa shape index (κ2) is 5.34. The van der Waals surface area contributed by atoms with Crippen molar-refractivity contribution in [2.24, 2.45) is 0 Å². The lowest BCUT2D eigenvalue weighted by Gasteiger charge is -2.07. The van der Waals surface area contributed by atoms with E-state index in [0.717, 1.165) is 11.3 Å². The van der Waals surface area contributed by atoms with Crippen LogP contribution in [0.5, 0.6) is 5.75 Å². The van der Waals surface area contributed by atoms with Crippen molar-refractivity contribution in [1.82, 2.24) is 0 Å². The average Bonchev–Trinajstić information content (AvgIpc) is 2.32. The zero-order valence-electron chi connectivity index (χ0n) is 9.40. The Bertz CT molecular complexity index is 499. The SMILES string of the molecule is Nc1cccc(CCOc2ccccc2F)c1. The second-order valence-corrected chi connectivity index (χ2v) is 3.77. The summed E-state index contributed by atoms with van der Waals surface area (Å²) in [7, 11) is 0. The molecule has 17 heavy (non-hydrogen) atoms. The lowest BCUT2D eigenvalue weighted by Crippen LogP contribution is -2.03. The monoisotopic (exact) mass is 231 g/mol. The van der Waals surface area contributed by atoms with E-state index in [1.165, 1.54) is 6.07 Å². The molecule has 3 heteroatoms. The molecule has 0 aliphatic heterocycles. The highest BCUT2D eigenvalue weighted by Gasteiger charge is 2.01. The van der Waals surface area contributed by atoms with E-state index >= 15 is 0 Å². The molecular formula is C14H14FNO. The van der Waals surface area contributed by atoms with Crippen LogP contribution in [0.4, 0.5) is 10.1 Å². The molecule has 2 rings (SSSR count). The molecule has 0 atom stereocenters. The van der Waals surface area contributed by atoms with Crippen molar-refractivity contribution in [2.75, 3.05) is 12.3 Å². The zero-order chi connectivity index (χ0) is 12.1. The Hall–Kier alpha value is -2.03. The van der Waals surface area contributed by atoms with Gasteiger partial charge >= 0.3 is 0 Å². The normalized spacial score (nSPS) is 10.2. The van der Waals surface area contributed by atoms with Gasteiger partial charge in [0.25, 0.3) is 0 Å². The number of para-hydroxylation sites is 1. The van der Waals surface area contributed by atoms with Crippen LogP contribution in [0.1, 0.15) is 5.56 Å². The summed E-state index contributed by atoms with van der Waals surface area (Å²) in [6.07, 6.45) is 0.708. The maximum atomic E-state index is 13.2. The first kappa shape index (κ1) is 11.5. The maximum Gasteiger partial charge on any atom is 0.165 e. The van der Waals surface area contributed by atoms with Crippen LogP contribution >= 0.6 is 0 Å². The molecule has 0 fully saturated rings. The minimum atomic E-state index is -0.333. The van der Waals surface area contributed by atoms with Crippen molar-refractivity contribution in [1.29, 1.82) is 0 Å². The second-order valence-electron chi connectivity index (χ2n) is 3.77.